The first-order chi connectivity index (χ1) is 12.4. The molecule has 2 aromatic heterocycles. The van der Waals surface area contributed by atoms with Crippen molar-refractivity contribution in [1.29, 1.82) is 0 Å². The van der Waals surface area contributed by atoms with Crippen molar-refractivity contribution >= 4 is 30.5 Å². The Balaban J connectivity index is 1.81. The van der Waals surface area contributed by atoms with Crippen molar-refractivity contribution in [3.05, 3.63) is 6.33 Å². The molecular weight excluding hydrogens is 361 g/mol. The van der Waals surface area contributed by atoms with Crippen LogP contribution in [0, 0.1) is 0 Å². The third-order valence-corrected chi connectivity index (χ3v) is 4.76. The van der Waals surface area contributed by atoms with Gasteiger partial charge < -0.3 is 24.4 Å². The van der Waals surface area contributed by atoms with Crippen LogP contribution in [0.2, 0.25) is 0 Å². The highest BCUT2D eigenvalue weighted by molar-refractivity contribution is 7.51. The van der Waals surface area contributed by atoms with Crippen molar-refractivity contribution in [2.75, 3.05) is 17.1 Å². The molecule has 12 heteroatoms. The minimum Gasteiger partial charge on any atom is -0.365 e. The first kappa shape index (κ1) is 19.0. The van der Waals surface area contributed by atoms with E-state index < -0.39 is 20.0 Å². The van der Waals surface area contributed by atoms with Crippen molar-refractivity contribution in [3.63, 3.8) is 0 Å². The minimum absolute atomic E-state index is 0.267. The molecule has 1 atom stereocenters. The Bertz CT molecular complexity index is 802. The standard InChI is InChI=1S/C14H24N7O4P/c1-9(25-8-26(22,23)24)6-21-7-16-11-12(17-10-4-2-3-5-10)18-14(20-15)19-13(11)21/h7,9-10H,2-6,8,15H2,1H3,(H2,22,23,24)(H2,17,18,19,20). The van der Waals surface area contributed by atoms with Gasteiger partial charge in [0.15, 0.2) is 17.0 Å². The minimum atomic E-state index is -4.20. The molecule has 0 radical (unpaired) electrons. The maximum absolute atomic E-state index is 10.9. The number of ether oxygens (including phenoxy) is 1. The molecule has 2 heterocycles. The fraction of sp³-hybridized carbons (Fsp3) is 0.643. The van der Waals surface area contributed by atoms with Crippen LogP contribution in [-0.4, -0.2) is 47.8 Å². The van der Waals surface area contributed by atoms with Gasteiger partial charge in [0.05, 0.1) is 19.0 Å². The predicted molar refractivity (Wildman–Crippen MR) is 96.5 cm³/mol. The maximum Gasteiger partial charge on any atom is 0.350 e. The van der Waals surface area contributed by atoms with Crippen LogP contribution in [0.5, 0.6) is 0 Å². The molecule has 1 saturated carbocycles. The summed E-state index contributed by atoms with van der Waals surface area (Å²) in [5.41, 5.74) is 3.65. The van der Waals surface area contributed by atoms with E-state index in [0.717, 1.165) is 12.8 Å². The molecule has 11 nitrogen and oxygen atoms in total. The van der Waals surface area contributed by atoms with Crippen LogP contribution < -0.4 is 16.6 Å². The number of hydrogen-bond acceptors (Lipinski definition) is 8. The summed E-state index contributed by atoms with van der Waals surface area (Å²) in [6.07, 6.45) is 5.11. The summed E-state index contributed by atoms with van der Waals surface area (Å²) in [7, 11) is -4.20. The van der Waals surface area contributed by atoms with Gasteiger partial charge in [-0.3, -0.25) is 9.99 Å². The van der Waals surface area contributed by atoms with Crippen LogP contribution in [-0.2, 0) is 15.8 Å². The van der Waals surface area contributed by atoms with Crippen molar-refractivity contribution in [3.8, 4) is 0 Å². The molecule has 0 aliphatic heterocycles. The number of nitrogens with two attached hydrogens (primary N) is 1. The van der Waals surface area contributed by atoms with Crippen molar-refractivity contribution in [2.24, 2.45) is 5.84 Å². The molecule has 0 aromatic carbocycles. The van der Waals surface area contributed by atoms with Crippen LogP contribution in [0.4, 0.5) is 11.8 Å². The summed E-state index contributed by atoms with van der Waals surface area (Å²) in [6.45, 7) is 2.06. The van der Waals surface area contributed by atoms with Crippen LogP contribution in [0.1, 0.15) is 32.6 Å². The number of nitrogens with one attached hydrogen (secondary N) is 2. The molecule has 6 N–H and O–H groups in total. The van der Waals surface area contributed by atoms with Gasteiger partial charge in [-0.15, -0.1) is 0 Å². The fourth-order valence-electron chi connectivity index (χ4n) is 3.06. The van der Waals surface area contributed by atoms with E-state index in [1.807, 2.05) is 0 Å². The fourth-order valence-corrected chi connectivity index (χ4v) is 3.51. The molecule has 1 fully saturated rings. The number of hydrogen-bond donors (Lipinski definition) is 5. The highest BCUT2D eigenvalue weighted by Crippen LogP contribution is 2.34. The van der Waals surface area contributed by atoms with E-state index in [9.17, 15) is 4.57 Å². The van der Waals surface area contributed by atoms with Gasteiger partial charge in [0.1, 0.15) is 6.35 Å². The number of fused-ring (bicyclic) bond motifs is 1. The molecule has 2 aromatic rings. The quantitative estimate of drug-likeness (QED) is 0.252. The monoisotopic (exact) mass is 385 g/mol. The zero-order valence-corrected chi connectivity index (χ0v) is 15.4. The lowest BCUT2D eigenvalue weighted by molar-refractivity contribution is 0.0764. The van der Waals surface area contributed by atoms with Gasteiger partial charge in [-0.05, 0) is 19.8 Å². The number of nitrogens with zero attached hydrogens (tertiary/aromatic N) is 4. The molecule has 0 amide bonds. The van der Waals surface area contributed by atoms with Crippen LogP contribution in [0.3, 0.4) is 0 Å². The normalized spacial score (nSPS) is 16.9. The number of nitrogen functional groups attached to an aromatic ring is 1. The van der Waals surface area contributed by atoms with Crippen LogP contribution >= 0.6 is 7.60 Å². The summed E-state index contributed by atoms with van der Waals surface area (Å²) >= 11 is 0. The number of aromatic nitrogens is 4. The zero-order chi connectivity index (χ0) is 18.7. The molecule has 144 valence electrons. The second kappa shape index (κ2) is 7.85. The summed E-state index contributed by atoms with van der Waals surface area (Å²) in [4.78, 5) is 31.0. The Morgan fingerprint density at radius 1 is 1.42 bits per heavy atom. The average molecular weight is 385 g/mol. The number of hydrazine groups is 1. The van der Waals surface area contributed by atoms with Gasteiger partial charge in [0, 0.05) is 6.04 Å². The molecule has 0 spiro atoms. The molecule has 1 unspecified atom stereocenters. The second-order valence-electron chi connectivity index (χ2n) is 6.51. The zero-order valence-electron chi connectivity index (χ0n) is 14.5. The Morgan fingerprint density at radius 2 is 2.15 bits per heavy atom. The Hall–Kier alpha value is -1.78. The lowest BCUT2D eigenvalue weighted by atomic mass is 10.2. The lowest BCUT2D eigenvalue weighted by Crippen LogP contribution is -2.19. The molecule has 3 rings (SSSR count). The van der Waals surface area contributed by atoms with Gasteiger partial charge in [0.2, 0.25) is 5.95 Å². The van der Waals surface area contributed by atoms with Crippen molar-refractivity contribution < 1.29 is 19.1 Å². The second-order valence-corrected chi connectivity index (χ2v) is 8.09. The average Bonchev–Trinajstić information content (AvgIpc) is 3.22. The first-order valence-corrected chi connectivity index (χ1v) is 10.3. The highest BCUT2D eigenvalue weighted by Gasteiger charge is 2.21. The molecular formula is C14H24N7O4P. The molecule has 26 heavy (non-hydrogen) atoms. The lowest BCUT2D eigenvalue weighted by Gasteiger charge is -2.16. The summed E-state index contributed by atoms with van der Waals surface area (Å²) in [5, 5.41) is 3.41. The molecule has 0 bridgehead atoms. The van der Waals surface area contributed by atoms with Crippen LogP contribution in [0.25, 0.3) is 11.2 Å². The van der Waals surface area contributed by atoms with E-state index in [2.05, 4.69) is 25.7 Å². The molecule has 1 aliphatic carbocycles. The van der Waals surface area contributed by atoms with Gasteiger partial charge in [-0.25, -0.2) is 10.8 Å². The van der Waals surface area contributed by atoms with Crippen LogP contribution in [0.15, 0.2) is 6.33 Å². The van der Waals surface area contributed by atoms with Gasteiger partial charge in [0.25, 0.3) is 0 Å². The topological polar surface area (TPSA) is 160 Å². The van der Waals surface area contributed by atoms with Crippen molar-refractivity contribution in [1.82, 2.24) is 19.5 Å². The SMILES string of the molecule is CC(Cn1cnc2c(NC3CCCC3)nc(NN)nc21)OCP(=O)(O)O. The van der Waals surface area contributed by atoms with E-state index in [4.69, 9.17) is 20.4 Å². The maximum atomic E-state index is 10.9. The van der Waals surface area contributed by atoms with E-state index in [1.165, 1.54) is 12.8 Å². The van der Waals surface area contributed by atoms with E-state index in [1.54, 1.807) is 17.8 Å². The Morgan fingerprint density at radius 3 is 2.81 bits per heavy atom. The molecule has 0 saturated heterocycles. The van der Waals surface area contributed by atoms with Gasteiger partial charge >= 0.3 is 7.60 Å². The summed E-state index contributed by atoms with van der Waals surface area (Å²) in [6, 6.07) is 0.356. The number of anilines is 2. The smallest absolute Gasteiger partial charge is 0.350 e. The predicted octanol–water partition coefficient (Wildman–Crippen LogP) is 1.01. The summed E-state index contributed by atoms with van der Waals surface area (Å²) in [5.74, 6) is 6.38. The number of imidazole rings is 1. The first-order valence-electron chi connectivity index (χ1n) is 8.48. The highest BCUT2D eigenvalue weighted by atomic mass is 31.2. The third-order valence-electron chi connectivity index (χ3n) is 4.27. The van der Waals surface area contributed by atoms with Crippen molar-refractivity contribution in [2.45, 2.75) is 51.3 Å². The number of rotatable bonds is 8. The van der Waals surface area contributed by atoms with E-state index in [-0.39, 0.29) is 5.95 Å². The Labute approximate surface area is 150 Å². The van der Waals surface area contributed by atoms with E-state index >= 15 is 0 Å². The third kappa shape index (κ3) is 4.68. The van der Waals surface area contributed by atoms with E-state index in [0.29, 0.717) is 29.6 Å². The molecule has 1 aliphatic rings. The Kier molecular flexibility index (Phi) is 5.73. The summed E-state index contributed by atoms with van der Waals surface area (Å²) < 4.78 is 17.9. The van der Waals surface area contributed by atoms with Gasteiger partial charge in [-0.1, -0.05) is 12.8 Å². The van der Waals surface area contributed by atoms with Gasteiger partial charge in [-0.2, -0.15) is 9.97 Å². The largest absolute Gasteiger partial charge is 0.365 e.